The third-order valence-electron chi connectivity index (χ3n) is 7.72. The molecule has 42 heavy (non-hydrogen) atoms. The van der Waals surface area contributed by atoms with Crippen LogP contribution in [-0.2, 0) is 0 Å². The highest BCUT2D eigenvalue weighted by atomic mass is 19.2. The van der Waals surface area contributed by atoms with Crippen LogP contribution >= 0.6 is 0 Å². The van der Waals surface area contributed by atoms with E-state index in [2.05, 4.69) is 43.3 Å². The molecule has 0 fully saturated rings. The van der Waals surface area contributed by atoms with Crippen LogP contribution in [0.25, 0.3) is 33.4 Å². The molecule has 0 atom stereocenters. The molecule has 4 rings (SSSR count). The zero-order valence-corrected chi connectivity index (χ0v) is 25.1. The van der Waals surface area contributed by atoms with Crippen molar-refractivity contribution in [3.63, 3.8) is 0 Å². The summed E-state index contributed by atoms with van der Waals surface area (Å²) in [4.78, 5) is 0. The van der Waals surface area contributed by atoms with E-state index in [9.17, 15) is 8.78 Å². The average Bonchev–Trinajstić information content (AvgIpc) is 3.03. The van der Waals surface area contributed by atoms with Gasteiger partial charge in [0.15, 0.2) is 11.6 Å². The van der Waals surface area contributed by atoms with E-state index in [1.165, 1.54) is 63.9 Å². The topological polar surface area (TPSA) is 18.5 Å². The van der Waals surface area contributed by atoms with E-state index in [1.807, 2.05) is 36.4 Å². The van der Waals surface area contributed by atoms with Crippen molar-refractivity contribution in [1.29, 1.82) is 0 Å². The minimum Gasteiger partial charge on any atom is -0.494 e. The Hall–Kier alpha value is -3.66. The van der Waals surface area contributed by atoms with Crippen molar-refractivity contribution in [2.24, 2.45) is 0 Å². The van der Waals surface area contributed by atoms with E-state index < -0.39 is 11.6 Å². The summed E-state index contributed by atoms with van der Waals surface area (Å²) in [5.74, 6) is -1.01. The fourth-order valence-corrected chi connectivity index (χ4v) is 5.24. The normalized spacial score (nSPS) is 11.0. The lowest BCUT2D eigenvalue weighted by Crippen LogP contribution is -1.98. The summed E-state index contributed by atoms with van der Waals surface area (Å²) < 4.78 is 40.1. The Morgan fingerprint density at radius 1 is 0.452 bits per heavy atom. The summed E-state index contributed by atoms with van der Waals surface area (Å²) >= 11 is 0. The van der Waals surface area contributed by atoms with Crippen molar-refractivity contribution in [2.45, 2.75) is 78.1 Å². The van der Waals surface area contributed by atoms with Gasteiger partial charge in [-0.3, -0.25) is 0 Å². The van der Waals surface area contributed by atoms with Gasteiger partial charge in [0.05, 0.1) is 13.2 Å². The quantitative estimate of drug-likeness (QED) is 0.118. The van der Waals surface area contributed by atoms with Crippen LogP contribution < -0.4 is 9.47 Å². The first-order valence-corrected chi connectivity index (χ1v) is 15.7. The van der Waals surface area contributed by atoms with Crippen LogP contribution in [0.3, 0.4) is 0 Å². The van der Waals surface area contributed by atoms with E-state index in [1.54, 1.807) is 13.0 Å². The largest absolute Gasteiger partial charge is 0.494 e. The Balaban J connectivity index is 1.24. The number of hydrogen-bond acceptors (Lipinski definition) is 2. The van der Waals surface area contributed by atoms with Crippen LogP contribution in [0.2, 0.25) is 0 Å². The minimum absolute atomic E-state index is 0.0676. The highest BCUT2D eigenvalue weighted by Gasteiger charge is 2.15. The Bertz CT molecular complexity index is 1350. The molecule has 0 amide bonds. The van der Waals surface area contributed by atoms with Crippen molar-refractivity contribution in [3.8, 4) is 44.9 Å². The molecule has 222 valence electrons. The Labute approximate surface area is 250 Å². The lowest BCUT2D eigenvalue weighted by molar-refractivity contribution is 0.304. The van der Waals surface area contributed by atoms with Crippen LogP contribution in [-0.4, -0.2) is 13.2 Å². The number of hydrogen-bond donors (Lipinski definition) is 0. The third-order valence-corrected chi connectivity index (χ3v) is 7.72. The van der Waals surface area contributed by atoms with Gasteiger partial charge in [0.25, 0.3) is 0 Å². The Morgan fingerprint density at radius 2 is 0.905 bits per heavy atom. The van der Waals surface area contributed by atoms with Crippen LogP contribution in [0.4, 0.5) is 8.78 Å². The molecular formula is C38H44F2O2. The van der Waals surface area contributed by atoms with E-state index in [0.29, 0.717) is 5.56 Å². The number of halogens is 2. The first kappa shape index (κ1) is 31.3. The van der Waals surface area contributed by atoms with Crippen LogP contribution in [0, 0.1) is 11.6 Å². The average molecular weight is 571 g/mol. The lowest BCUT2D eigenvalue weighted by atomic mass is 9.98. The van der Waals surface area contributed by atoms with Gasteiger partial charge in [0.2, 0.25) is 5.82 Å². The maximum atomic E-state index is 14.6. The molecular weight excluding hydrogens is 526 g/mol. The maximum absolute atomic E-state index is 14.6. The van der Waals surface area contributed by atoms with E-state index >= 15 is 0 Å². The molecule has 0 N–H and O–H groups in total. The number of rotatable bonds is 17. The van der Waals surface area contributed by atoms with E-state index in [-0.39, 0.29) is 17.9 Å². The number of benzene rings is 4. The molecule has 0 spiro atoms. The zero-order chi connectivity index (χ0) is 29.6. The second kappa shape index (κ2) is 16.7. The maximum Gasteiger partial charge on any atom is 0.201 e. The molecule has 4 aromatic rings. The summed E-state index contributed by atoms with van der Waals surface area (Å²) in [7, 11) is 0. The van der Waals surface area contributed by atoms with Crippen LogP contribution in [0.15, 0.2) is 84.9 Å². The first-order valence-electron chi connectivity index (χ1n) is 15.7. The molecule has 4 aromatic carbocycles. The van der Waals surface area contributed by atoms with Crippen LogP contribution in [0.5, 0.6) is 11.5 Å². The highest BCUT2D eigenvalue weighted by Crippen LogP contribution is 2.32. The lowest BCUT2D eigenvalue weighted by Gasteiger charge is -2.10. The second-order valence-corrected chi connectivity index (χ2v) is 10.9. The second-order valence-electron chi connectivity index (χ2n) is 10.9. The highest BCUT2D eigenvalue weighted by molar-refractivity contribution is 5.74. The fourth-order valence-electron chi connectivity index (χ4n) is 5.24. The smallest absolute Gasteiger partial charge is 0.201 e. The molecule has 2 nitrogen and oxygen atoms in total. The minimum atomic E-state index is -0.956. The van der Waals surface area contributed by atoms with Crippen LogP contribution in [0.1, 0.15) is 78.1 Å². The fraction of sp³-hybridized carbons (Fsp3) is 0.368. The molecule has 0 aromatic heterocycles. The van der Waals surface area contributed by atoms with Crippen molar-refractivity contribution < 1.29 is 18.3 Å². The molecule has 4 heteroatoms. The Morgan fingerprint density at radius 3 is 1.40 bits per heavy atom. The van der Waals surface area contributed by atoms with Gasteiger partial charge in [-0.25, -0.2) is 4.39 Å². The molecule has 0 aliphatic rings. The van der Waals surface area contributed by atoms with Crippen molar-refractivity contribution in [3.05, 3.63) is 96.6 Å². The van der Waals surface area contributed by atoms with Gasteiger partial charge in [-0.15, -0.1) is 0 Å². The van der Waals surface area contributed by atoms with Gasteiger partial charge in [-0.1, -0.05) is 125 Å². The summed E-state index contributed by atoms with van der Waals surface area (Å²) in [5.41, 5.74) is 5.16. The number of unbranched alkanes of at least 4 members (excludes halogenated alkanes) is 9. The van der Waals surface area contributed by atoms with Gasteiger partial charge in [-0.05, 0) is 65.4 Å². The Kier molecular flexibility index (Phi) is 12.4. The van der Waals surface area contributed by atoms with E-state index in [4.69, 9.17) is 9.47 Å². The van der Waals surface area contributed by atoms with Gasteiger partial charge in [0, 0.05) is 5.56 Å². The van der Waals surface area contributed by atoms with Gasteiger partial charge in [-0.2, -0.15) is 4.39 Å². The molecule has 0 radical (unpaired) electrons. The molecule has 0 heterocycles. The molecule has 0 unspecified atom stereocenters. The predicted molar refractivity (Wildman–Crippen MR) is 171 cm³/mol. The standard InChI is InChI=1S/C38H44F2O2/c1-3-5-6-7-8-9-10-11-12-13-28-42-34-24-22-32(23-25-34)30-16-14-29(15-17-30)31-18-20-33(21-19-31)35-26-27-36(41-4-2)38(40)37(35)39/h14-27H,3-13,28H2,1-2H3. The molecule has 0 saturated heterocycles. The van der Waals surface area contributed by atoms with Gasteiger partial charge >= 0.3 is 0 Å². The molecule has 0 aliphatic carbocycles. The van der Waals surface area contributed by atoms with Crippen molar-refractivity contribution in [1.82, 2.24) is 0 Å². The van der Waals surface area contributed by atoms with E-state index in [0.717, 1.165) is 41.0 Å². The van der Waals surface area contributed by atoms with Crippen molar-refractivity contribution >= 4 is 0 Å². The molecule has 0 bridgehead atoms. The monoisotopic (exact) mass is 570 g/mol. The zero-order valence-electron chi connectivity index (χ0n) is 25.1. The van der Waals surface area contributed by atoms with Gasteiger partial charge < -0.3 is 9.47 Å². The molecule has 0 saturated carbocycles. The predicted octanol–water partition coefficient (Wildman–Crippen LogP) is 11.7. The summed E-state index contributed by atoms with van der Waals surface area (Å²) in [6.07, 6.45) is 13.2. The van der Waals surface area contributed by atoms with Gasteiger partial charge in [0.1, 0.15) is 5.75 Å². The summed E-state index contributed by atoms with van der Waals surface area (Å²) in [6.45, 7) is 5.05. The third kappa shape index (κ3) is 8.92. The molecule has 0 aliphatic heterocycles. The first-order chi connectivity index (χ1) is 20.6. The number of ether oxygens (including phenoxy) is 2. The summed E-state index contributed by atoms with van der Waals surface area (Å²) in [6, 6.07) is 27.2. The summed E-state index contributed by atoms with van der Waals surface area (Å²) in [5, 5.41) is 0. The van der Waals surface area contributed by atoms with Crippen molar-refractivity contribution in [2.75, 3.05) is 13.2 Å². The SMILES string of the molecule is CCCCCCCCCCCCOc1ccc(-c2ccc(-c3ccc(-c4ccc(OCC)c(F)c4F)cc3)cc2)cc1.